The predicted molar refractivity (Wildman–Crippen MR) is 85.3 cm³/mol. The van der Waals surface area contributed by atoms with Gasteiger partial charge in [0.2, 0.25) is 5.91 Å². The van der Waals surface area contributed by atoms with Gasteiger partial charge in [0.15, 0.2) is 5.79 Å². The fraction of sp³-hybridized carbons (Fsp3) is 0.562. The second-order valence-corrected chi connectivity index (χ2v) is 5.98. The number of rotatable bonds is 5. The van der Waals surface area contributed by atoms with Crippen molar-refractivity contribution in [1.82, 2.24) is 10.2 Å². The molecule has 24 heavy (non-hydrogen) atoms. The standard InChI is InChI=1S/C16H21N3O5/c20-15(18-7-5-16(6-8-18)23-9-10-24-16)12-17-11-13-3-1-2-4-14(13)19(21)22/h1-4,17H,5-12H2. The van der Waals surface area contributed by atoms with E-state index in [2.05, 4.69) is 5.32 Å². The van der Waals surface area contributed by atoms with Crippen molar-refractivity contribution in [3.8, 4) is 0 Å². The Morgan fingerprint density at radius 2 is 1.92 bits per heavy atom. The maximum atomic E-state index is 12.3. The number of nitro groups is 1. The normalized spacial score (nSPS) is 19.6. The van der Waals surface area contributed by atoms with Crippen molar-refractivity contribution in [2.45, 2.75) is 25.2 Å². The van der Waals surface area contributed by atoms with E-state index < -0.39 is 10.7 Å². The van der Waals surface area contributed by atoms with Crippen molar-refractivity contribution >= 4 is 11.6 Å². The molecular formula is C16H21N3O5. The van der Waals surface area contributed by atoms with E-state index in [-0.39, 0.29) is 24.7 Å². The van der Waals surface area contributed by atoms with E-state index in [0.29, 0.717) is 44.7 Å². The summed E-state index contributed by atoms with van der Waals surface area (Å²) < 4.78 is 11.3. The number of likely N-dealkylation sites (tertiary alicyclic amines) is 1. The van der Waals surface area contributed by atoms with Crippen LogP contribution in [0.3, 0.4) is 0 Å². The third-order valence-electron chi connectivity index (χ3n) is 4.47. The number of hydrogen-bond acceptors (Lipinski definition) is 6. The summed E-state index contributed by atoms with van der Waals surface area (Å²) in [6, 6.07) is 6.53. The Balaban J connectivity index is 1.46. The molecule has 2 aliphatic rings. The van der Waals surface area contributed by atoms with Crippen LogP contribution in [-0.2, 0) is 20.8 Å². The highest BCUT2D eigenvalue weighted by molar-refractivity contribution is 5.78. The van der Waals surface area contributed by atoms with Gasteiger partial charge in [-0.15, -0.1) is 0 Å². The van der Waals surface area contributed by atoms with Crippen LogP contribution in [0.5, 0.6) is 0 Å². The zero-order valence-electron chi connectivity index (χ0n) is 13.4. The molecule has 1 amide bonds. The summed E-state index contributed by atoms with van der Waals surface area (Å²) in [4.78, 5) is 24.6. The maximum absolute atomic E-state index is 12.3. The number of nitro benzene ring substituents is 1. The first kappa shape index (κ1) is 16.8. The minimum absolute atomic E-state index is 0.0126. The van der Waals surface area contributed by atoms with Gasteiger partial charge in [0.25, 0.3) is 5.69 Å². The molecule has 0 bridgehead atoms. The highest BCUT2D eigenvalue weighted by Crippen LogP contribution is 2.31. The van der Waals surface area contributed by atoms with E-state index in [9.17, 15) is 14.9 Å². The average molecular weight is 335 g/mol. The molecule has 0 radical (unpaired) electrons. The first-order chi connectivity index (χ1) is 11.6. The number of nitrogens with one attached hydrogen (secondary N) is 1. The van der Waals surface area contributed by atoms with E-state index in [1.807, 2.05) is 0 Å². The molecule has 0 saturated carbocycles. The molecule has 1 aromatic rings. The molecule has 0 atom stereocenters. The lowest BCUT2D eigenvalue weighted by Gasteiger charge is -2.37. The summed E-state index contributed by atoms with van der Waals surface area (Å²) in [5, 5.41) is 14.0. The number of piperidine rings is 1. The van der Waals surface area contributed by atoms with Gasteiger partial charge < -0.3 is 19.7 Å². The average Bonchev–Trinajstić information content (AvgIpc) is 3.04. The van der Waals surface area contributed by atoms with Crippen molar-refractivity contribution in [2.75, 3.05) is 32.8 Å². The number of benzene rings is 1. The van der Waals surface area contributed by atoms with Crippen LogP contribution in [0, 0.1) is 10.1 Å². The van der Waals surface area contributed by atoms with Gasteiger partial charge in [-0.3, -0.25) is 14.9 Å². The first-order valence-corrected chi connectivity index (χ1v) is 8.08. The van der Waals surface area contributed by atoms with E-state index in [1.165, 1.54) is 6.07 Å². The van der Waals surface area contributed by atoms with E-state index >= 15 is 0 Å². The van der Waals surface area contributed by atoms with Gasteiger partial charge >= 0.3 is 0 Å². The quantitative estimate of drug-likeness (QED) is 0.638. The maximum Gasteiger partial charge on any atom is 0.273 e. The van der Waals surface area contributed by atoms with E-state index in [4.69, 9.17) is 9.47 Å². The lowest BCUT2D eigenvalue weighted by molar-refractivity contribution is -0.385. The van der Waals surface area contributed by atoms with Crippen molar-refractivity contribution in [2.24, 2.45) is 0 Å². The van der Waals surface area contributed by atoms with Crippen LogP contribution in [0.1, 0.15) is 18.4 Å². The molecule has 1 spiro atoms. The van der Waals surface area contributed by atoms with Gasteiger partial charge in [-0.1, -0.05) is 18.2 Å². The number of carbonyl (C=O) groups excluding carboxylic acids is 1. The minimum Gasteiger partial charge on any atom is -0.347 e. The molecule has 8 heteroatoms. The second kappa shape index (κ2) is 7.25. The highest BCUT2D eigenvalue weighted by atomic mass is 16.7. The Kier molecular flexibility index (Phi) is 5.08. The molecule has 1 aromatic carbocycles. The molecule has 2 heterocycles. The Morgan fingerprint density at radius 1 is 1.25 bits per heavy atom. The third-order valence-corrected chi connectivity index (χ3v) is 4.47. The molecule has 2 saturated heterocycles. The van der Waals surface area contributed by atoms with E-state index in [1.54, 1.807) is 23.1 Å². The molecule has 0 unspecified atom stereocenters. The first-order valence-electron chi connectivity index (χ1n) is 8.08. The van der Waals surface area contributed by atoms with E-state index in [0.717, 1.165) is 0 Å². The lowest BCUT2D eigenvalue weighted by atomic mass is 10.0. The van der Waals surface area contributed by atoms with Crippen LogP contribution in [-0.4, -0.2) is 54.4 Å². The fourth-order valence-corrected chi connectivity index (χ4v) is 3.14. The zero-order chi connectivity index (χ0) is 17.0. The molecular weight excluding hydrogens is 314 g/mol. The Labute approximate surface area is 139 Å². The topological polar surface area (TPSA) is 93.9 Å². The van der Waals surface area contributed by atoms with Crippen molar-refractivity contribution in [3.63, 3.8) is 0 Å². The SMILES string of the molecule is O=C(CNCc1ccccc1[N+](=O)[O-])N1CCC2(CC1)OCCO2. The Hall–Kier alpha value is -2.03. The molecule has 3 rings (SSSR count). The van der Waals surface area contributed by atoms with Gasteiger partial charge in [-0.25, -0.2) is 0 Å². The number of carbonyl (C=O) groups is 1. The van der Waals surface area contributed by atoms with Crippen molar-refractivity contribution < 1.29 is 19.2 Å². The molecule has 130 valence electrons. The largest absolute Gasteiger partial charge is 0.347 e. The van der Waals surface area contributed by atoms with Crippen LogP contribution in [0.4, 0.5) is 5.69 Å². The number of nitrogens with zero attached hydrogens (tertiary/aromatic N) is 2. The number of para-hydroxylation sites is 1. The van der Waals surface area contributed by atoms with Crippen LogP contribution < -0.4 is 5.32 Å². The Morgan fingerprint density at radius 3 is 2.58 bits per heavy atom. The monoisotopic (exact) mass is 335 g/mol. The number of amides is 1. The zero-order valence-corrected chi connectivity index (χ0v) is 13.4. The summed E-state index contributed by atoms with van der Waals surface area (Å²) in [6.45, 7) is 2.88. The molecule has 1 N–H and O–H groups in total. The molecule has 0 aliphatic carbocycles. The molecule has 8 nitrogen and oxygen atoms in total. The lowest BCUT2D eigenvalue weighted by Crippen LogP contribution is -2.49. The van der Waals surface area contributed by atoms with Crippen LogP contribution in [0.15, 0.2) is 24.3 Å². The summed E-state index contributed by atoms with van der Waals surface area (Å²) in [7, 11) is 0. The van der Waals surface area contributed by atoms with Crippen LogP contribution in [0.2, 0.25) is 0 Å². The summed E-state index contributed by atoms with van der Waals surface area (Å²) >= 11 is 0. The number of hydrogen-bond donors (Lipinski definition) is 1. The van der Waals surface area contributed by atoms with Gasteiger partial charge in [0.05, 0.1) is 24.7 Å². The number of ether oxygens (including phenoxy) is 2. The summed E-state index contributed by atoms with van der Waals surface area (Å²) in [5.74, 6) is -0.504. The fourth-order valence-electron chi connectivity index (χ4n) is 3.14. The van der Waals surface area contributed by atoms with Crippen LogP contribution in [0.25, 0.3) is 0 Å². The summed E-state index contributed by atoms with van der Waals surface area (Å²) in [5.41, 5.74) is 0.633. The Bertz CT molecular complexity index is 605. The molecule has 2 aliphatic heterocycles. The highest BCUT2D eigenvalue weighted by Gasteiger charge is 2.40. The van der Waals surface area contributed by atoms with Crippen molar-refractivity contribution in [3.05, 3.63) is 39.9 Å². The van der Waals surface area contributed by atoms with Crippen molar-refractivity contribution in [1.29, 1.82) is 0 Å². The third kappa shape index (κ3) is 3.72. The summed E-state index contributed by atoms with van der Waals surface area (Å²) in [6.07, 6.45) is 1.37. The second-order valence-electron chi connectivity index (χ2n) is 5.98. The van der Waals surface area contributed by atoms with Gasteiger partial charge in [0.1, 0.15) is 0 Å². The predicted octanol–water partition coefficient (Wildman–Crippen LogP) is 1.05. The molecule has 0 aromatic heterocycles. The van der Waals surface area contributed by atoms with Gasteiger partial charge in [-0.2, -0.15) is 0 Å². The minimum atomic E-state index is -0.491. The molecule has 2 fully saturated rings. The van der Waals surface area contributed by atoms with Crippen LogP contribution >= 0.6 is 0 Å². The van der Waals surface area contributed by atoms with Gasteiger partial charge in [0, 0.05) is 44.1 Å². The van der Waals surface area contributed by atoms with Gasteiger partial charge in [-0.05, 0) is 0 Å². The smallest absolute Gasteiger partial charge is 0.273 e.